The van der Waals surface area contributed by atoms with Crippen molar-refractivity contribution in [1.82, 2.24) is 4.90 Å². The molecule has 0 radical (unpaired) electrons. The number of thioether (sulfide) groups is 1. The van der Waals surface area contributed by atoms with Crippen molar-refractivity contribution in [3.63, 3.8) is 0 Å². The van der Waals surface area contributed by atoms with E-state index in [1.165, 1.54) is 11.8 Å². The lowest BCUT2D eigenvalue weighted by Gasteiger charge is -2.22. The van der Waals surface area contributed by atoms with Crippen molar-refractivity contribution in [2.45, 2.75) is 50.4 Å². The zero-order valence-electron chi connectivity index (χ0n) is 20.8. The average Bonchev–Trinajstić information content (AvgIpc) is 3.30. The standard InChI is InChI=1S/C27H32N2O5S/c1-18-14-24(33-5)19(2)13-23(18)28-25(30)17-29(16-21-7-6-12-34-21)15-20-8-10-22(11-9-20)35-27(3,4)26(31)32/h6-14H,15-17H2,1-5H3,(H,28,30)(H,31,32). The number of carboxylic acid groups (broad SMARTS) is 1. The summed E-state index contributed by atoms with van der Waals surface area (Å²) in [6.07, 6.45) is 1.62. The Bertz CT molecular complexity index is 1160. The van der Waals surface area contributed by atoms with Gasteiger partial charge < -0.3 is 19.6 Å². The molecule has 7 nitrogen and oxygen atoms in total. The molecule has 0 aliphatic carbocycles. The molecule has 0 bridgehead atoms. The molecular formula is C27H32N2O5S. The van der Waals surface area contributed by atoms with Crippen LogP contribution in [0.3, 0.4) is 0 Å². The third-order valence-corrected chi connectivity index (χ3v) is 6.75. The summed E-state index contributed by atoms with van der Waals surface area (Å²) in [7, 11) is 1.63. The number of aliphatic carboxylic acids is 1. The highest BCUT2D eigenvalue weighted by molar-refractivity contribution is 8.01. The lowest BCUT2D eigenvalue weighted by Crippen LogP contribution is -2.32. The summed E-state index contributed by atoms with van der Waals surface area (Å²) in [4.78, 5) is 27.3. The maximum absolute atomic E-state index is 13.0. The zero-order valence-corrected chi connectivity index (χ0v) is 21.6. The number of benzene rings is 2. The van der Waals surface area contributed by atoms with E-state index in [1.54, 1.807) is 27.2 Å². The van der Waals surface area contributed by atoms with Crippen LogP contribution in [0.2, 0.25) is 0 Å². The fourth-order valence-corrected chi connectivity index (χ4v) is 4.54. The highest BCUT2D eigenvalue weighted by Crippen LogP contribution is 2.33. The Morgan fingerprint density at radius 3 is 2.40 bits per heavy atom. The molecule has 8 heteroatoms. The number of carboxylic acids is 1. The number of methoxy groups -OCH3 is 1. The molecule has 0 spiro atoms. The van der Waals surface area contributed by atoms with E-state index < -0.39 is 10.7 Å². The fourth-order valence-electron chi connectivity index (χ4n) is 3.59. The van der Waals surface area contributed by atoms with Gasteiger partial charge in [0.2, 0.25) is 5.91 Å². The van der Waals surface area contributed by atoms with E-state index in [-0.39, 0.29) is 12.5 Å². The highest BCUT2D eigenvalue weighted by Gasteiger charge is 2.28. The second-order valence-electron chi connectivity index (χ2n) is 8.97. The number of hydrogen-bond donors (Lipinski definition) is 2. The minimum atomic E-state index is -0.914. The van der Waals surface area contributed by atoms with Gasteiger partial charge in [-0.1, -0.05) is 12.1 Å². The molecule has 0 saturated heterocycles. The van der Waals surface area contributed by atoms with E-state index in [2.05, 4.69) is 5.32 Å². The number of ether oxygens (including phenoxy) is 1. The summed E-state index contributed by atoms with van der Waals surface area (Å²) in [5.74, 6) is 0.571. The minimum absolute atomic E-state index is 0.125. The highest BCUT2D eigenvalue weighted by atomic mass is 32.2. The van der Waals surface area contributed by atoms with E-state index in [1.807, 2.05) is 67.3 Å². The summed E-state index contributed by atoms with van der Waals surface area (Å²) in [6, 6.07) is 15.3. The van der Waals surface area contributed by atoms with Crippen molar-refractivity contribution in [3.05, 3.63) is 77.2 Å². The van der Waals surface area contributed by atoms with Crippen LogP contribution < -0.4 is 10.1 Å². The Hall–Kier alpha value is -3.23. The second-order valence-corrected chi connectivity index (χ2v) is 10.7. The van der Waals surface area contributed by atoms with E-state index in [9.17, 15) is 14.7 Å². The van der Waals surface area contributed by atoms with Crippen LogP contribution in [-0.2, 0) is 22.7 Å². The summed E-state index contributed by atoms with van der Waals surface area (Å²) in [5, 5.41) is 12.4. The molecule has 0 fully saturated rings. The first-order chi connectivity index (χ1) is 16.6. The maximum atomic E-state index is 13.0. The van der Waals surface area contributed by atoms with Crippen LogP contribution >= 0.6 is 11.8 Å². The summed E-state index contributed by atoms with van der Waals surface area (Å²) in [6.45, 7) is 8.42. The lowest BCUT2D eigenvalue weighted by molar-refractivity contribution is -0.138. The van der Waals surface area contributed by atoms with Gasteiger partial charge in [0, 0.05) is 17.1 Å². The number of nitrogens with zero attached hydrogens (tertiary/aromatic N) is 1. The third kappa shape index (κ3) is 7.37. The normalized spacial score (nSPS) is 11.5. The van der Waals surface area contributed by atoms with Gasteiger partial charge in [0.15, 0.2) is 0 Å². The first kappa shape index (κ1) is 26.4. The first-order valence-electron chi connectivity index (χ1n) is 11.3. The molecular weight excluding hydrogens is 464 g/mol. The van der Waals surface area contributed by atoms with Crippen LogP contribution in [0.15, 0.2) is 64.1 Å². The Balaban J connectivity index is 1.71. The minimum Gasteiger partial charge on any atom is -0.496 e. The van der Waals surface area contributed by atoms with E-state index >= 15 is 0 Å². The van der Waals surface area contributed by atoms with Crippen molar-refractivity contribution in [2.75, 3.05) is 19.0 Å². The largest absolute Gasteiger partial charge is 0.496 e. The number of carbonyl (C=O) groups is 2. The molecule has 3 rings (SSSR count). The molecule has 0 saturated carbocycles. The molecule has 0 aliphatic rings. The van der Waals surface area contributed by atoms with Gasteiger partial charge in [0.25, 0.3) is 0 Å². The Morgan fingerprint density at radius 1 is 1.09 bits per heavy atom. The average molecular weight is 497 g/mol. The Kier molecular flexibility index (Phi) is 8.64. The molecule has 2 N–H and O–H groups in total. The van der Waals surface area contributed by atoms with Gasteiger partial charge in [-0.25, -0.2) is 0 Å². The predicted octanol–water partition coefficient (Wildman–Crippen LogP) is 5.50. The maximum Gasteiger partial charge on any atom is 0.319 e. The van der Waals surface area contributed by atoms with Crippen LogP contribution in [0.4, 0.5) is 5.69 Å². The van der Waals surface area contributed by atoms with Crippen molar-refractivity contribution in [2.24, 2.45) is 0 Å². The Morgan fingerprint density at radius 2 is 1.80 bits per heavy atom. The summed E-state index contributed by atoms with van der Waals surface area (Å²) >= 11 is 1.30. The summed E-state index contributed by atoms with van der Waals surface area (Å²) in [5.41, 5.74) is 3.65. The Labute approximate surface area is 210 Å². The van der Waals surface area contributed by atoms with Gasteiger partial charge in [-0.3, -0.25) is 14.5 Å². The molecule has 1 heterocycles. The van der Waals surface area contributed by atoms with Crippen molar-refractivity contribution < 1.29 is 23.8 Å². The van der Waals surface area contributed by atoms with Crippen LogP contribution in [-0.4, -0.2) is 40.3 Å². The molecule has 0 atom stereocenters. The van der Waals surface area contributed by atoms with Crippen LogP contribution in [0, 0.1) is 13.8 Å². The lowest BCUT2D eigenvalue weighted by atomic mass is 10.1. The molecule has 3 aromatic rings. The predicted molar refractivity (Wildman–Crippen MR) is 138 cm³/mol. The van der Waals surface area contributed by atoms with E-state index in [4.69, 9.17) is 9.15 Å². The van der Waals surface area contributed by atoms with Crippen molar-refractivity contribution in [3.8, 4) is 5.75 Å². The van der Waals surface area contributed by atoms with Gasteiger partial charge >= 0.3 is 5.97 Å². The number of nitrogens with one attached hydrogen (secondary N) is 1. The first-order valence-corrected chi connectivity index (χ1v) is 12.1. The molecule has 1 amide bonds. The molecule has 0 aliphatic heterocycles. The molecule has 2 aromatic carbocycles. The molecule has 35 heavy (non-hydrogen) atoms. The quantitative estimate of drug-likeness (QED) is 0.339. The number of amides is 1. The van der Waals surface area contributed by atoms with Crippen LogP contribution in [0.1, 0.15) is 36.3 Å². The smallest absolute Gasteiger partial charge is 0.319 e. The van der Waals surface area contributed by atoms with Crippen LogP contribution in [0.25, 0.3) is 0 Å². The number of hydrogen-bond acceptors (Lipinski definition) is 6. The van der Waals surface area contributed by atoms with E-state index in [0.717, 1.165) is 38.8 Å². The molecule has 186 valence electrons. The second kappa shape index (κ2) is 11.5. The number of aryl methyl sites for hydroxylation is 2. The number of carbonyl (C=O) groups excluding carboxylic acids is 1. The monoisotopic (exact) mass is 496 g/mol. The number of rotatable bonds is 11. The van der Waals surface area contributed by atoms with Gasteiger partial charge in [-0.05, 0) is 80.8 Å². The summed E-state index contributed by atoms with van der Waals surface area (Å²) < 4.78 is 9.96. The number of anilines is 1. The SMILES string of the molecule is COc1cc(C)c(NC(=O)CN(Cc2ccc(SC(C)(C)C(=O)O)cc2)Cc2ccco2)cc1C. The van der Waals surface area contributed by atoms with Gasteiger partial charge in [0.1, 0.15) is 16.3 Å². The van der Waals surface area contributed by atoms with Crippen LogP contribution in [0.5, 0.6) is 5.75 Å². The zero-order chi connectivity index (χ0) is 25.6. The molecule has 0 unspecified atom stereocenters. The number of furan rings is 1. The third-order valence-electron chi connectivity index (χ3n) is 5.56. The van der Waals surface area contributed by atoms with Gasteiger partial charge in [-0.15, -0.1) is 11.8 Å². The fraction of sp³-hybridized carbons (Fsp3) is 0.333. The molecule has 1 aromatic heterocycles. The van der Waals surface area contributed by atoms with Crippen molar-refractivity contribution >= 4 is 29.3 Å². The van der Waals surface area contributed by atoms with Gasteiger partial charge in [0.05, 0.1) is 26.5 Å². The topological polar surface area (TPSA) is 92.0 Å². The van der Waals surface area contributed by atoms with Gasteiger partial charge in [-0.2, -0.15) is 0 Å². The van der Waals surface area contributed by atoms with E-state index in [0.29, 0.717) is 13.1 Å². The van der Waals surface area contributed by atoms with Crippen molar-refractivity contribution in [1.29, 1.82) is 0 Å².